The van der Waals surface area contributed by atoms with Gasteiger partial charge < -0.3 is 9.84 Å². The predicted octanol–water partition coefficient (Wildman–Crippen LogP) is 4.15. The molecule has 1 aromatic carbocycles. The van der Waals surface area contributed by atoms with Crippen molar-refractivity contribution in [2.45, 2.75) is 46.3 Å². The molecule has 0 aliphatic heterocycles. The molecule has 18 heavy (non-hydrogen) atoms. The third-order valence-corrected chi connectivity index (χ3v) is 2.64. The largest absolute Gasteiger partial charge is 0.435 e. The lowest BCUT2D eigenvalue weighted by Gasteiger charge is -2.20. The number of rotatable bonds is 5. The summed E-state index contributed by atoms with van der Waals surface area (Å²) in [5.74, 6) is 0.0808. The smallest absolute Gasteiger partial charge is 0.387 e. The van der Waals surface area contributed by atoms with E-state index in [0.717, 1.165) is 6.42 Å². The highest BCUT2D eigenvalue weighted by Crippen LogP contribution is 2.28. The lowest BCUT2D eigenvalue weighted by molar-refractivity contribution is -0.0499. The van der Waals surface area contributed by atoms with Crippen LogP contribution in [-0.2, 0) is 0 Å². The Bertz CT molecular complexity index is 372. The summed E-state index contributed by atoms with van der Waals surface area (Å²) in [4.78, 5) is 0. The van der Waals surface area contributed by atoms with Crippen LogP contribution in [0.25, 0.3) is 0 Å². The number of alkyl halides is 2. The number of halogens is 2. The van der Waals surface area contributed by atoms with Crippen LogP contribution in [0.1, 0.15) is 45.3 Å². The molecule has 1 N–H and O–H groups in total. The molecule has 0 amide bonds. The topological polar surface area (TPSA) is 29.5 Å². The standard InChI is InChI=1S/C14H20F2O2/c1-14(2,3)8-7-12(17)10-5-4-6-11(9-10)18-13(15)16/h4-6,9,12-13,17H,7-8H2,1-3H3. The van der Waals surface area contributed by atoms with E-state index < -0.39 is 12.7 Å². The quantitative estimate of drug-likeness (QED) is 0.859. The second-order valence-electron chi connectivity index (χ2n) is 5.57. The van der Waals surface area contributed by atoms with Gasteiger partial charge in [-0.2, -0.15) is 8.78 Å². The van der Waals surface area contributed by atoms with Crippen LogP contribution in [0, 0.1) is 5.41 Å². The fourth-order valence-electron chi connectivity index (χ4n) is 1.63. The Labute approximate surface area is 107 Å². The molecule has 0 heterocycles. The van der Waals surface area contributed by atoms with Gasteiger partial charge in [0.25, 0.3) is 0 Å². The zero-order valence-electron chi connectivity index (χ0n) is 11.0. The molecule has 4 heteroatoms. The van der Waals surface area contributed by atoms with E-state index in [-0.39, 0.29) is 11.2 Å². The van der Waals surface area contributed by atoms with Gasteiger partial charge >= 0.3 is 6.61 Å². The average Bonchev–Trinajstić information content (AvgIpc) is 2.24. The third kappa shape index (κ3) is 5.45. The molecule has 1 rings (SSSR count). The number of ether oxygens (including phenoxy) is 1. The van der Waals surface area contributed by atoms with Crippen molar-refractivity contribution < 1.29 is 18.6 Å². The SMILES string of the molecule is CC(C)(C)CCC(O)c1cccc(OC(F)F)c1. The van der Waals surface area contributed by atoms with Crippen molar-refractivity contribution in [3.05, 3.63) is 29.8 Å². The summed E-state index contributed by atoms with van der Waals surface area (Å²) >= 11 is 0. The zero-order chi connectivity index (χ0) is 13.8. The lowest BCUT2D eigenvalue weighted by Crippen LogP contribution is -2.08. The van der Waals surface area contributed by atoms with Crippen molar-refractivity contribution in [2.75, 3.05) is 0 Å². The van der Waals surface area contributed by atoms with Crippen molar-refractivity contribution in [1.29, 1.82) is 0 Å². The van der Waals surface area contributed by atoms with Crippen LogP contribution in [0.4, 0.5) is 8.78 Å². The van der Waals surface area contributed by atoms with Crippen LogP contribution in [0.2, 0.25) is 0 Å². The van der Waals surface area contributed by atoms with Crippen LogP contribution in [0.5, 0.6) is 5.75 Å². The van der Waals surface area contributed by atoms with Gasteiger partial charge in [0.15, 0.2) is 0 Å². The first kappa shape index (κ1) is 14.9. The van der Waals surface area contributed by atoms with Crippen molar-refractivity contribution in [3.8, 4) is 5.75 Å². The number of aliphatic hydroxyl groups is 1. The highest BCUT2D eigenvalue weighted by molar-refractivity contribution is 5.29. The van der Waals surface area contributed by atoms with E-state index in [1.165, 1.54) is 12.1 Å². The van der Waals surface area contributed by atoms with Crippen molar-refractivity contribution in [1.82, 2.24) is 0 Å². The van der Waals surface area contributed by atoms with Gasteiger partial charge in [-0.1, -0.05) is 32.9 Å². The maximum atomic E-state index is 12.1. The zero-order valence-corrected chi connectivity index (χ0v) is 11.0. The van der Waals surface area contributed by atoms with Crippen LogP contribution in [0.3, 0.4) is 0 Å². The molecule has 0 aliphatic carbocycles. The van der Waals surface area contributed by atoms with Gasteiger partial charge in [0.2, 0.25) is 0 Å². The van der Waals surface area contributed by atoms with Crippen molar-refractivity contribution in [3.63, 3.8) is 0 Å². The van der Waals surface area contributed by atoms with E-state index in [1.807, 2.05) is 0 Å². The lowest BCUT2D eigenvalue weighted by atomic mass is 9.88. The third-order valence-electron chi connectivity index (χ3n) is 2.64. The van der Waals surface area contributed by atoms with E-state index in [1.54, 1.807) is 12.1 Å². The molecule has 0 radical (unpaired) electrons. The Balaban J connectivity index is 2.65. The summed E-state index contributed by atoms with van der Waals surface area (Å²) in [6.07, 6.45) is 0.806. The first-order chi connectivity index (χ1) is 8.28. The monoisotopic (exact) mass is 258 g/mol. The van der Waals surface area contributed by atoms with Gasteiger partial charge in [0.1, 0.15) is 5.75 Å². The van der Waals surface area contributed by atoms with Gasteiger partial charge in [-0.25, -0.2) is 0 Å². The first-order valence-corrected chi connectivity index (χ1v) is 6.01. The van der Waals surface area contributed by atoms with E-state index in [4.69, 9.17) is 0 Å². The van der Waals surface area contributed by atoms with Crippen LogP contribution in [-0.4, -0.2) is 11.7 Å². The Kier molecular flexibility index (Phi) is 5.08. The van der Waals surface area contributed by atoms with Gasteiger partial charge in [-0.3, -0.25) is 0 Å². The van der Waals surface area contributed by atoms with Gasteiger partial charge in [0, 0.05) is 0 Å². The first-order valence-electron chi connectivity index (χ1n) is 6.01. The molecule has 0 aromatic heterocycles. The molecule has 2 nitrogen and oxygen atoms in total. The summed E-state index contributed by atoms with van der Waals surface area (Å²) in [6.45, 7) is 3.44. The normalized spacial score (nSPS) is 13.7. The number of aliphatic hydroxyl groups excluding tert-OH is 1. The highest BCUT2D eigenvalue weighted by Gasteiger charge is 2.15. The molecule has 0 spiro atoms. The fraction of sp³-hybridized carbons (Fsp3) is 0.571. The minimum atomic E-state index is -2.84. The molecule has 0 aliphatic rings. The number of benzene rings is 1. The van der Waals surface area contributed by atoms with E-state index >= 15 is 0 Å². The van der Waals surface area contributed by atoms with E-state index in [2.05, 4.69) is 25.5 Å². The Morgan fingerprint density at radius 2 is 1.94 bits per heavy atom. The summed E-state index contributed by atoms with van der Waals surface area (Å²) < 4.78 is 28.5. The molecule has 0 fully saturated rings. The van der Waals surface area contributed by atoms with E-state index in [9.17, 15) is 13.9 Å². The molecule has 0 saturated heterocycles. The Hall–Kier alpha value is -1.16. The van der Waals surface area contributed by atoms with Crippen LogP contribution in [0.15, 0.2) is 24.3 Å². The molecule has 0 saturated carbocycles. The average molecular weight is 258 g/mol. The van der Waals surface area contributed by atoms with Crippen molar-refractivity contribution >= 4 is 0 Å². The Morgan fingerprint density at radius 3 is 2.50 bits per heavy atom. The van der Waals surface area contributed by atoms with Crippen molar-refractivity contribution in [2.24, 2.45) is 5.41 Å². The maximum Gasteiger partial charge on any atom is 0.387 e. The molecule has 1 unspecified atom stereocenters. The minimum absolute atomic E-state index is 0.0808. The summed E-state index contributed by atoms with van der Waals surface area (Å²) in [7, 11) is 0. The molecule has 1 aromatic rings. The summed E-state index contributed by atoms with van der Waals surface area (Å²) in [5, 5.41) is 10.00. The molecular formula is C14H20F2O2. The molecule has 1 atom stereocenters. The second kappa shape index (κ2) is 6.14. The van der Waals surface area contributed by atoms with Gasteiger partial charge in [0.05, 0.1) is 6.10 Å². The number of hydrogen-bond donors (Lipinski definition) is 1. The molecule has 102 valence electrons. The minimum Gasteiger partial charge on any atom is -0.435 e. The molecule has 0 bridgehead atoms. The summed E-state index contributed by atoms with van der Waals surface area (Å²) in [6, 6.07) is 6.23. The maximum absolute atomic E-state index is 12.1. The van der Waals surface area contributed by atoms with Crippen LogP contribution >= 0.6 is 0 Å². The predicted molar refractivity (Wildman–Crippen MR) is 66.7 cm³/mol. The second-order valence-corrected chi connectivity index (χ2v) is 5.57. The van der Waals surface area contributed by atoms with Gasteiger partial charge in [-0.05, 0) is 36.0 Å². The summed E-state index contributed by atoms with van der Waals surface area (Å²) in [5.41, 5.74) is 0.746. The van der Waals surface area contributed by atoms with E-state index in [0.29, 0.717) is 12.0 Å². The Morgan fingerprint density at radius 1 is 1.28 bits per heavy atom. The molecular weight excluding hydrogens is 238 g/mol. The number of hydrogen-bond acceptors (Lipinski definition) is 2. The van der Waals surface area contributed by atoms with Crippen LogP contribution < -0.4 is 4.74 Å². The highest BCUT2D eigenvalue weighted by atomic mass is 19.3. The van der Waals surface area contributed by atoms with Gasteiger partial charge in [-0.15, -0.1) is 0 Å². The fourth-order valence-corrected chi connectivity index (χ4v) is 1.63.